The van der Waals surface area contributed by atoms with Crippen LogP contribution in [-0.2, 0) is 11.2 Å². The minimum atomic E-state index is -0.523. The molecule has 1 amide bonds. The van der Waals surface area contributed by atoms with Gasteiger partial charge >= 0.3 is 6.09 Å². The lowest BCUT2D eigenvalue weighted by molar-refractivity contribution is 0.0636. The maximum atomic E-state index is 11.6. The van der Waals surface area contributed by atoms with E-state index in [-0.39, 0.29) is 6.04 Å². The number of rotatable bonds is 4. The molecule has 1 unspecified atom stereocenters. The number of nitrogens with two attached hydrogens (primary N) is 1. The summed E-state index contributed by atoms with van der Waals surface area (Å²) in [7, 11) is 0. The van der Waals surface area contributed by atoms with Crippen LogP contribution < -0.4 is 11.1 Å². The van der Waals surface area contributed by atoms with Gasteiger partial charge in [0.25, 0.3) is 0 Å². The minimum Gasteiger partial charge on any atom is -0.444 e. The number of ether oxygens (including phenoxy) is 1. The molecule has 1 aromatic rings. The molecule has 0 heterocycles. The topological polar surface area (TPSA) is 64.3 Å². The van der Waals surface area contributed by atoms with Crippen molar-refractivity contribution in [3.63, 3.8) is 0 Å². The van der Waals surface area contributed by atoms with Crippen LogP contribution in [0.4, 0.5) is 10.5 Å². The second kappa shape index (κ2) is 6.95. The zero-order valence-corrected chi connectivity index (χ0v) is 13.3. The van der Waals surface area contributed by atoms with Gasteiger partial charge in [0.1, 0.15) is 5.60 Å². The summed E-state index contributed by atoms with van der Waals surface area (Å²) in [6.45, 7) is 7.41. The van der Waals surface area contributed by atoms with Crippen molar-refractivity contribution >= 4 is 23.4 Å². The molecule has 0 bridgehead atoms. The standard InChI is InChI=1S/C15H23ClN2O2/c1-10(17)5-6-11-7-8-12(9-13(11)16)18-14(19)20-15(2,3)4/h7-10H,5-6,17H2,1-4H3,(H,18,19). The normalized spacial score (nSPS) is 12.9. The van der Waals surface area contributed by atoms with Crippen LogP contribution in [-0.4, -0.2) is 17.7 Å². The Morgan fingerprint density at radius 1 is 1.45 bits per heavy atom. The number of carbonyl (C=O) groups excluding carboxylic acids is 1. The Labute approximate surface area is 125 Å². The van der Waals surface area contributed by atoms with Crippen molar-refractivity contribution in [2.75, 3.05) is 5.32 Å². The van der Waals surface area contributed by atoms with Crippen LogP contribution in [0.2, 0.25) is 5.02 Å². The van der Waals surface area contributed by atoms with E-state index < -0.39 is 11.7 Å². The molecule has 0 aliphatic rings. The Morgan fingerprint density at radius 2 is 2.10 bits per heavy atom. The van der Waals surface area contributed by atoms with Gasteiger partial charge in [-0.15, -0.1) is 0 Å². The highest BCUT2D eigenvalue weighted by atomic mass is 35.5. The van der Waals surface area contributed by atoms with E-state index in [1.807, 2.05) is 39.8 Å². The van der Waals surface area contributed by atoms with Crippen LogP contribution in [0.3, 0.4) is 0 Å². The van der Waals surface area contributed by atoms with E-state index in [1.54, 1.807) is 6.07 Å². The summed E-state index contributed by atoms with van der Waals surface area (Å²) in [6.07, 6.45) is 1.21. The highest BCUT2D eigenvalue weighted by Crippen LogP contribution is 2.23. The Balaban J connectivity index is 2.65. The first-order valence-corrected chi connectivity index (χ1v) is 7.09. The van der Waals surface area contributed by atoms with Gasteiger partial charge in [-0.25, -0.2) is 4.79 Å². The van der Waals surface area contributed by atoms with Gasteiger partial charge in [-0.1, -0.05) is 17.7 Å². The van der Waals surface area contributed by atoms with Crippen molar-refractivity contribution in [1.82, 2.24) is 0 Å². The molecular formula is C15H23ClN2O2. The Bertz CT molecular complexity index is 467. The van der Waals surface area contributed by atoms with Gasteiger partial charge in [0.05, 0.1) is 0 Å². The fourth-order valence-electron chi connectivity index (χ4n) is 1.63. The number of hydrogen-bond acceptors (Lipinski definition) is 3. The van der Waals surface area contributed by atoms with Gasteiger partial charge in [0.2, 0.25) is 0 Å². The van der Waals surface area contributed by atoms with Crippen molar-refractivity contribution in [2.45, 2.75) is 52.2 Å². The third-order valence-corrected chi connectivity index (χ3v) is 2.92. The Kier molecular flexibility index (Phi) is 5.84. The summed E-state index contributed by atoms with van der Waals surface area (Å²) in [4.78, 5) is 11.6. The van der Waals surface area contributed by atoms with Gasteiger partial charge in [0.15, 0.2) is 0 Å². The van der Waals surface area contributed by atoms with E-state index in [2.05, 4.69) is 5.32 Å². The van der Waals surface area contributed by atoms with Crippen molar-refractivity contribution in [1.29, 1.82) is 0 Å². The molecule has 1 atom stereocenters. The van der Waals surface area contributed by atoms with Gasteiger partial charge in [-0.3, -0.25) is 5.32 Å². The molecule has 0 saturated carbocycles. The van der Waals surface area contributed by atoms with E-state index in [9.17, 15) is 4.79 Å². The highest BCUT2D eigenvalue weighted by Gasteiger charge is 2.16. The lowest BCUT2D eigenvalue weighted by atomic mass is 10.1. The SMILES string of the molecule is CC(N)CCc1ccc(NC(=O)OC(C)(C)C)cc1Cl. The third-order valence-electron chi connectivity index (χ3n) is 2.57. The van der Waals surface area contributed by atoms with E-state index in [4.69, 9.17) is 22.1 Å². The molecule has 0 aliphatic carbocycles. The fraction of sp³-hybridized carbons (Fsp3) is 0.533. The number of aryl methyl sites for hydroxylation is 1. The zero-order chi connectivity index (χ0) is 15.3. The van der Waals surface area contributed by atoms with Gasteiger partial charge in [-0.05, 0) is 58.2 Å². The smallest absolute Gasteiger partial charge is 0.412 e. The zero-order valence-electron chi connectivity index (χ0n) is 12.5. The first-order valence-electron chi connectivity index (χ1n) is 6.71. The van der Waals surface area contributed by atoms with Crippen molar-refractivity contribution in [3.05, 3.63) is 28.8 Å². The Hall–Kier alpha value is -1.26. The molecule has 20 heavy (non-hydrogen) atoms. The first-order chi connectivity index (χ1) is 9.17. The third kappa shape index (κ3) is 6.26. The van der Waals surface area contributed by atoms with Crippen LogP contribution in [0, 0.1) is 0 Å². The maximum Gasteiger partial charge on any atom is 0.412 e. The molecule has 1 aromatic carbocycles. The van der Waals surface area contributed by atoms with E-state index in [0.29, 0.717) is 10.7 Å². The lowest BCUT2D eigenvalue weighted by Crippen LogP contribution is -2.27. The van der Waals surface area contributed by atoms with E-state index in [0.717, 1.165) is 18.4 Å². The van der Waals surface area contributed by atoms with Crippen LogP contribution in [0.15, 0.2) is 18.2 Å². The number of halogens is 1. The summed E-state index contributed by atoms with van der Waals surface area (Å²) < 4.78 is 5.18. The molecule has 0 radical (unpaired) electrons. The number of anilines is 1. The van der Waals surface area contributed by atoms with E-state index in [1.165, 1.54) is 0 Å². The number of nitrogens with one attached hydrogen (secondary N) is 1. The number of benzene rings is 1. The molecule has 3 N–H and O–H groups in total. The lowest BCUT2D eigenvalue weighted by Gasteiger charge is -2.19. The molecule has 112 valence electrons. The summed E-state index contributed by atoms with van der Waals surface area (Å²) in [5, 5.41) is 3.29. The monoisotopic (exact) mass is 298 g/mol. The predicted octanol–water partition coefficient (Wildman–Crippen LogP) is 3.97. The average molecular weight is 299 g/mol. The first kappa shape index (κ1) is 16.8. The number of carbonyl (C=O) groups is 1. The molecular weight excluding hydrogens is 276 g/mol. The quantitative estimate of drug-likeness (QED) is 0.884. The fourth-order valence-corrected chi connectivity index (χ4v) is 1.91. The van der Waals surface area contributed by atoms with Gasteiger partial charge < -0.3 is 10.5 Å². The van der Waals surface area contributed by atoms with Crippen LogP contribution in [0.5, 0.6) is 0 Å². The summed E-state index contributed by atoms with van der Waals surface area (Å²) in [5.74, 6) is 0. The van der Waals surface area contributed by atoms with E-state index >= 15 is 0 Å². The largest absolute Gasteiger partial charge is 0.444 e. The van der Waals surface area contributed by atoms with Gasteiger partial charge in [0, 0.05) is 16.8 Å². The highest BCUT2D eigenvalue weighted by molar-refractivity contribution is 6.31. The molecule has 0 saturated heterocycles. The predicted molar refractivity (Wildman–Crippen MR) is 83.3 cm³/mol. The maximum absolute atomic E-state index is 11.6. The molecule has 1 rings (SSSR count). The van der Waals surface area contributed by atoms with Crippen molar-refractivity contribution in [2.24, 2.45) is 5.73 Å². The summed E-state index contributed by atoms with van der Waals surface area (Å²) in [6, 6.07) is 5.58. The minimum absolute atomic E-state index is 0.144. The second-order valence-corrected chi connectivity index (χ2v) is 6.36. The molecule has 4 nitrogen and oxygen atoms in total. The molecule has 0 aromatic heterocycles. The van der Waals surface area contributed by atoms with Crippen LogP contribution >= 0.6 is 11.6 Å². The average Bonchev–Trinajstić information content (AvgIpc) is 2.24. The molecule has 0 aliphatic heterocycles. The van der Waals surface area contributed by atoms with Crippen molar-refractivity contribution in [3.8, 4) is 0 Å². The summed E-state index contributed by atoms with van der Waals surface area (Å²) >= 11 is 6.20. The molecule has 5 heteroatoms. The number of amides is 1. The number of hydrogen-bond donors (Lipinski definition) is 2. The van der Waals surface area contributed by atoms with Crippen molar-refractivity contribution < 1.29 is 9.53 Å². The molecule has 0 spiro atoms. The second-order valence-electron chi connectivity index (χ2n) is 5.95. The van der Waals surface area contributed by atoms with Crippen LogP contribution in [0.25, 0.3) is 0 Å². The molecule has 0 fully saturated rings. The van der Waals surface area contributed by atoms with Gasteiger partial charge in [-0.2, -0.15) is 0 Å². The Morgan fingerprint density at radius 3 is 2.60 bits per heavy atom. The van der Waals surface area contributed by atoms with Crippen LogP contribution in [0.1, 0.15) is 39.7 Å². The summed E-state index contributed by atoms with van der Waals surface area (Å²) in [5.41, 5.74) is 6.85.